The van der Waals surface area contributed by atoms with E-state index in [2.05, 4.69) is 42.2 Å². The Balaban J connectivity index is 1.57. The van der Waals surface area contributed by atoms with Crippen LogP contribution in [-0.2, 0) is 4.79 Å². The highest BCUT2D eigenvalue weighted by Gasteiger charge is 2.34. The molecule has 23 heavy (non-hydrogen) atoms. The van der Waals surface area contributed by atoms with Crippen LogP contribution in [0.5, 0.6) is 0 Å². The minimum absolute atomic E-state index is 0.190. The van der Waals surface area contributed by atoms with Crippen LogP contribution in [0.2, 0.25) is 0 Å². The molecule has 2 atom stereocenters. The van der Waals surface area contributed by atoms with Gasteiger partial charge in [0.05, 0.1) is 0 Å². The lowest BCUT2D eigenvalue weighted by Crippen LogP contribution is -2.49. The summed E-state index contributed by atoms with van der Waals surface area (Å²) in [7, 11) is 0. The molecule has 2 aliphatic rings. The summed E-state index contributed by atoms with van der Waals surface area (Å²) in [5.41, 5.74) is 1.42. The Morgan fingerprint density at radius 1 is 1.09 bits per heavy atom. The number of carbonyl (C=O) groups is 1. The standard InChI is InChI=1S/C20H29NO2/c1-15-7-8-16(14-22)13-21(15)20(23)19-11-9-18(10-12-19)17-5-3-2-4-6-17/h2-6,15-16,18-19,22H,7-14H2,1H3. The fraction of sp³-hybridized carbons (Fsp3) is 0.650. The molecule has 1 aliphatic heterocycles. The summed E-state index contributed by atoms with van der Waals surface area (Å²) in [5.74, 6) is 1.41. The molecule has 0 aromatic heterocycles. The molecule has 3 nitrogen and oxygen atoms in total. The second-order valence-electron chi connectivity index (χ2n) is 7.42. The number of amides is 1. The molecule has 0 radical (unpaired) electrons. The predicted molar refractivity (Wildman–Crippen MR) is 92.1 cm³/mol. The van der Waals surface area contributed by atoms with E-state index in [1.165, 1.54) is 5.56 Å². The number of piperidine rings is 1. The summed E-state index contributed by atoms with van der Waals surface area (Å²) in [6.45, 7) is 3.10. The first kappa shape index (κ1) is 16.5. The van der Waals surface area contributed by atoms with Gasteiger partial charge in [-0.1, -0.05) is 30.3 Å². The van der Waals surface area contributed by atoms with E-state index in [-0.39, 0.29) is 18.4 Å². The maximum absolute atomic E-state index is 12.9. The molecule has 1 heterocycles. The van der Waals surface area contributed by atoms with Gasteiger partial charge in [0.15, 0.2) is 0 Å². The van der Waals surface area contributed by atoms with Crippen LogP contribution in [0, 0.1) is 11.8 Å². The second kappa shape index (κ2) is 7.48. The first-order valence-corrected chi connectivity index (χ1v) is 9.15. The molecule has 2 unspecified atom stereocenters. The molecular formula is C20H29NO2. The Morgan fingerprint density at radius 3 is 2.43 bits per heavy atom. The van der Waals surface area contributed by atoms with Crippen molar-refractivity contribution >= 4 is 5.91 Å². The lowest BCUT2D eigenvalue weighted by molar-refractivity contribution is -0.141. The highest BCUT2D eigenvalue weighted by molar-refractivity contribution is 5.79. The maximum atomic E-state index is 12.9. The van der Waals surface area contributed by atoms with Gasteiger partial charge in [0.1, 0.15) is 0 Å². The van der Waals surface area contributed by atoms with Crippen molar-refractivity contribution in [2.24, 2.45) is 11.8 Å². The van der Waals surface area contributed by atoms with Gasteiger partial charge in [-0.15, -0.1) is 0 Å². The van der Waals surface area contributed by atoms with Crippen molar-refractivity contribution in [1.29, 1.82) is 0 Å². The van der Waals surface area contributed by atoms with Crippen molar-refractivity contribution in [3.05, 3.63) is 35.9 Å². The van der Waals surface area contributed by atoms with Crippen molar-refractivity contribution in [3.63, 3.8) is 0 Å². The fourth-order valence-corrected chi connectivity index (χ4v) is 4.27. The zero-order valence-corrected chi connectivity index (χ0v) is 14.2. The molecule has 0 spiro atoms. The lowest BCUT2D eigenvalue weighted by Gasteiger charge is -2.40. The number of aliphatic hydroxyl groups is 1. The third kappa shape index (κ3) is 3.77. The summed E-state index contributed by atoms with van der Waals surface area (Å²) >= 11 is 0. The van der Waals surface area contributed by atoms with Gasteiger partial charge in [-0.2, -0.15) is 0 Å². The Morgan fingerprint density at radius 2 is 1.78 bits per heavy atom. The molecule has 1 N–H and O–H groups in total. The minimum atomic E-state index is 0.190. The number of nitrogens with zero attached hydrogens (tertiary/aromatic N) is 1. The summed E-state index contributed by atoms with van der Waals surface area (Å²) in [6.07, 6.45) is 6.31. The van der Waals surface area contributed by atoms with Crippen molar-refractivity contribution < 1.29 is 9.90 Å². The topological polar surface area (TPSA) is 40.5 Å². The number of carbonyl (C=O) groups excluding carboxylic acids is 1. The van der Waals surface area contributed by atoms with Crippen molar-refractivity contribution in [1.82, 2.24) is 4.90 Å². The SMILES string of the molecule is CC1CCC(CO)CN1C(=O)C1CCC(c2ccccc2)CC1. The highest BCUT2D eigenvalue weighted by atomic mass is 16.3. The van der Waals surface area contributed by atoms with Crippen LogP contribution < -0.4 is 0 Å². The van der Waals surface area contributed by atoms with Gasteiger partial charge < -0.3 is 10.0 Å². The Kier molecular flexibility index (Phi) is 5.37. The molecule has 3 rings (SSSR count). The zero-order valence-electron chi connectivity index (χ0n) is 14.2. The molecule has 1 saturated carbocycles. The lowest BCUT2D eigenvalue weighted by atomic mass is 9.77. The Hall–Kier alpha value is -1.35. The second-order valence-corrected chi connectivity index (χ2v) is 7.42. The van der Waals surface area contributed by atoms with Crippen LogP contribution in [-0.4, -0.2) is 35.1 Å². The van der Waals surface area contributed by atoms with Crippen LogP contribution >= 0.6 is 0 Å². The quantitative estimate of drug-likeness (QED) is 0.926. The number of benzene rings is 1. The van der Waals surface area contributed by atoms with Gasteiger partial charge in [-0.25, -0.2) is 0 Å². The first-order valence-electron chi connectivity index (χ1n) is 9.15. The molecular weight excluding hydrogens is 286 g/mol. The highest BCUT2D eigenvalue weighted by Crippen LogP contribution is 2.37. The number of aliphatic hydroxyl groups excluding tert-OH is 1. The number of hydrogen-bond acceptors (Lipinski definition) is 2. The van der Waals surface area contributed by atoms with Crippen LogP contribution in [0.1, 0.15) is 56.9 Å². The van der Waals surface area contributed by atoms with Crippen LogP contribution in [0.3, 0.4) is 0 Å². The summed E-state index contributed by atoms with van der Waals surface area (Å²) < 4.78 is 0. The molecule has 2 fully saturated rings. The normalized spacial score (nSPS) is 31.8. The largest absolute Gasteiger partial charge is 0.396 e. The average molecular weight is 315 g/mol. The smallest absolute Gasteiger partial charge is 0.225 e. The van der Waals surface area contributed by atoms with Crippen LogP contribution in [0.4, 0.5) is 0 Å². The van der Waals surface area contributed by atoms with E-state index < -0.39 is 0 Å². The van der Waals surface area contributed by atoms with E-state index >= 15 is 0 Å². The van der Waals surface area contributed by atoms with Crippen LogP contribution in [0.25, 0.3) is 0 Å². The van der Waals surface area contributed by atoms with Crippen LogP contribution in [0.15, 0.2) is 30.3 Å². The van der Waals surface area contributed by atoms with Gasteiger partial charge >= 0.3 is 0 Å². The van der Waals surface area contributed by atoms with E-state index in [1.807, 2.05) is 0 Å². The predicted octanol–water partition coefficient (Wildman–Crippen LogP) is 3.58. The number of rotatable bonds is 3. The minimum Gasteiger partial charge on any atom is -0.396 e. The van der Waals surface area contributed by atoms with Gasteiger partial charge in [0.25, 0.3) is 0 Å². The molecule has 3 heteroatoms. The monoisotopic (exact) mass is 315 g/mol. The van der Waals surface area contributed by atoms with Gasteiger partial charge in [-0.3, -0.25) is 4.79 Å². The molecule has 0 bridgehead atoms. The third-order valence-corrected chi connectivity index (χ3v) is 5.87. The Labute approximate surface area is 139 Å². The van der Waals surface area contributed by atoms with Crippen molar-refractivity contribution in [2.75, 3.05) is 13.2 Å². The molecule has 1 saturated heterocycles. The van der Waals surface area contributed by atoms with Gasteiger partial charge in [0, 0.05) is 25.1 Å². The fourth-order valence-electron chi connectivity index (χ4n) is 4.27. The summed E-state index contributed by atoms with van der Waals surface area (Å²) in [4.78, 5) is 15.0. The van der Waals surface area contributed by atoms with E-state index in [4.69, 9.17) is 0 Å². The van der Waals surface area contributed by atoms with E-state index in [0.717, 1.165) is 45.1 Å². The summed E-state index contributed by atoms with van der Waals surface area (Å²) in [5, 5.41) is 9.41. The number of hydrogen-bond donors (Lipinski definition) is 1. The van der Waals surface area contributed by atoms with E-state index in [1.54, 1.807) is 0 Å². The van der Waals surface area contributed by atoms with Crippen molar-refractivity contribution in [2.45, 2.75) is 57.4 Å². The zero-order chi connectivity index (χ0) is 16.2. The molecule has 1 amide bonds. The Bertz CT molecular complexity index is 508. The molecule has 1 aromatic rings. The van der Waals surface area contributed by atoms with E-state index in [9.17, 15) is 9.90 Å². The van der Waals surface area contributed by atoms with E-state index in [0.29, 0.717) is 17.9 Å². The summed E-state index contributed by atoms with van der Waals surface area (Å²) in [6, 6.07) is 11.0. The third-order valence-electron chi connectivity index (χ3n) is 5.87. The van der Waals surface area contributed by atoms with Gasteiger partial charge in [0.2, 0.25) is 5.91 Å². The maximum Gasteiger partial charge on any atom is 0.225 e. The van der Waals surface area contributed by atoms with Gasteiger partial charge in [-0.05, 0) is 62.8 Å². The average Bonchev–Trinajstić information content (AvgIpc) is 2.62. The first-order chi connectivity index (χ1) is 11.2. The molecule has 1 aromatic carbocycles. The molecule has 1 aliphatic carbocycles. The molecule has 126 valence electrons. The van der Waals surface area contributed by atoms with Crippen molar-refractivity contribution in [3.8, 4) is 0 Å². The number of likely N-dealkylation sites (tertiary alicyclic amines) is 1.